The maximum atomic E-state index is 13.2. The topological polar surface area (TPSA) is 87.7 Å². The lowest BCUT2D eigenvalue weighted by atomic mass is 10.1. The van der Waals surface area contributed by atoms with Crippen molar-refractivity contribution in [1.82, 2.24) is 5.32 Å². The van der Waals surface area contributed by atoms with Crippen LogP contribution in [-0.4, -0.2) is 35.9 Å². The van der Waals surface area contributed by atoms with Gasteiger partial charge in [-0.25, -0.2) is 14.0 Å². The molecule has 0 aromatic heterocycles. The van der Waals surface area contributed by atoms with E-state index >= 15 is 0 Å². The third-order valence-corrected chi connectivity index (χ3v) is 3.15. The molecule has 2 amide bonds. The Balaban J connectivity index is 2.00. The molecule has 1 aliphatic rings. The molecule has 7 heteroatoms. The van der Waals surface area contributed by atoms with Gasteiger partial charge in [-0.2, -0.15) is 0 Å². The fourth-order valence-electron chi connectivity index (χ4n) is 2.02. The Morgan fingerprint density at radius 2 is 2.20 bits per heavy atom. The molecule has 0 aliphatic carbocycles. The van der Waals surface area contributed by atoms with Gasteiger partial charge in [0.25, 0.3) is 0 Å². The van der Waals surface area contributed by atoms with Crippen LogP contribution >= 0.6 is 0 Å². The van der Waals surface area contributed by atoms with Crippen molar-refractivity contribution in [1.29, 1.82) is 0 Å². The summed E-state index contributed by atoms with van der Waals surface area (Å²) in [6, 6.07) is 2.81. The molecule has 0 spiro atoms. The third kappa shape index (κ3) is 3.24. The number of urea groups is 1. The highest BCUT2D eigenvalue weighted by atomic mass is 19.1. The number of halogens is 1. The fourth-order valence-corrected chi connectivity index (χ4v) is 2.02. The number of ether oxygens (including phenoxy) is 1. The van der Waals surface area contributed by atoms with E-state index in [1.165, 1.54) is 6.07 Å². The van der Waals surface area contributed by atoms with Gasteiger partial charge in [-0.05, 0) is 31.5 Å². The van der Waals surface area contributed by atoms with E-state index in [1.54, 1.807) is 0 Å². The Bertz CT molecular complexity index is 535. The summed E-state index contributed by atoms with van der Waals surface area (Å²) in [5.41, 5.74) is -0.270. The number of anilines is 1. The number of amides is 2. The molecule has 1 aliphatic heterocycles. The van der Waals surface area contributed by atoms with Crippen molar-refractivity contribution in [3.63, 3.8) is 0 Å². The van der Waals surface area contributed by atoms with Crippen LogP contribution in [0.5, 0.6) is 0 Å². The van der Waals surface area contributed by atoms with E-state index in [9.17, 15) is 14.0 Å². The van der Waals surface area contributed by atoms with Crippen molar-refractivity contribution in [2.24, 2.45) is 0 Å². The largest absolute Gasteiger partial charge is 0.478 e. The lowest BCUT2D eigenvalue weighted by Gasteiger charge is -2.16. The number of hydrogen-bond donors (Lipinski definition) is 3. The number of aromatic carboxylic acids is 1. The van der Waals surface area contributed by atoms with Crippen LogP contribution in [0.15, 0.2) is 18.2 Å². The van der Waals surface area contributed by atoms with Crippen molar-refractivity contribution in [3.8, 4) is 0 Å². The first-order valence-corrected chi connectivity index (χ1v) is 6.19. The highest BCUT2D eigenvalue weighted by Crippen LogP contribution is 2.16. The second kappa shape index (κ2) is 5.87. The zero-order valence-electron chi connectivity index (χ0n) is 10.9. The first kappa shape index (κ1) is 14.3. The summed E-state index contributed by atoms with van der Waals surface area (Å²) >= 11 is 0. The maximum Gasteiger partial charge on any atom is 0.338 e. The smallest absolute Gasteiger partial charge is 0.338 e. The predicted octanol–water partition coefficient (Wildman–Crippen LogP) is 1.82. The predicted molar refractivity (Wildman–Crippen MR) is 69.3 cm³/mol. The van der Waals surface area contributed by atoms with Gasteiger partial charge in [-0.15, -0.1) is 0 Å². The van der Waals surface area contributed by atoms with Gasteiger partial charge in [-0.3, -0.25) is 0 Å². The molecule has 0 bridgehead atoms. The number of carboxylic acid groups (broad SMARTS) is 1. The molecule has 1 fully saturated rings. The lowest BCUT2D eigenvalue weighted by molar-refractivity contribution is 0.0692. The molecule has 1 saturated heterocycles. The zero-order chi connectivity index (χ0) is 14.7. The van der Waals surface area contributed by atoms with Crippen LogP contribution in [-0.2, 0) is 4.74 Å². The second-order valence-electron chi connectivity index (χ2n) is 4.57. The second-order valence-corrected chi connectivity index (χ2v) is 4.57. The van der Waals surface area contributed by atoms with Crippen LogP contribution in [0, 0.1) is 5.82 Å². The summed E-state index contributed by atoms with van der Waals surface area (Å²) in [7, 11) is 0. The first-order chi connectivity index (χ1) is 9.47. The third-order valence-electron chi connectivity index (χ3n) is 3.15. The number of benzene rings is 1. The number of carbonyl (C=O) groups excluding carboxylic acids is 1. The van der Waals surface area contributed by atoms with E-state index in [0.717, 1.165) is 18.6 Å². The molecule has 1 aromatic carbocycles. The Morgan fingerprint density at radius 3 is 2.80 bits per heavy atom. The minimum atomic E-state index is -1.38. The summed E-state index contributed by atoms with van der Waals surface area (Å²) in [4.78, 5) is 22.6. The highest BCUT2D eigenvalue weighted by Gasteiger charge is 2.25. The molecule has 2 unspecified atom stereocenters. The number of carboxylic acids is 1. The maximum absolute atomic E-state index is 13.2. The molecular weight excluding hydrogens is 267 g/mol. The lowest BCUT2D eigenvalue weighted by Crippen LogP contribution is -2.41. The normalized spacial score (nSPS) is 21.5. The van der Waals surface area contributed by atoms with Gasteiger partial charge in [0.1, 0.15) is 5.82 Å². The number of carbonyl (C=O) groups is 2. The molecule has 1 aromatic rings. The van der Waals surface area contributed by atoms with Crippen LogP contribution in [0.2, 0.25) is 0 Å². The molecule has 2 rings (SSSR count). The fraction of sp³-hybridized carbons (Fsp3) is 0.385. The number of rotatable bonds is 3. The Hall–Kier alpha value is -2.15. The van der Waals surface area contributed by atoms with Gasteiger partial charge in [-0.1, -0.05) is 0 Å². The van der Waals surface area contributed by atoms with Crippen molar-refractivity contribution in [2.75, 3.05) is 11.9 Å². The molecule has 20 heavy (non-hydrogen) atoms. The number of hydrogen-bond acceptors (Lipinski definition) is 3. The minimum absolute atomic E-state index is 0.0662. The van der Waals surface area contributed by atoms with Gasteiger partial charge in [0, 0.05) is 12.3 Å². The Kier molecular flexibility index (Phi) is 4.19. The van der Waals surface area contributed by atoms with Crippen LogP contribution < -0.4 is 10.6 Å². The van der Waals surface area contributed by atoms with Crippen molar-refractivity contribution >= 4 is 17.7 Å². The SMILES string of the molecule is CC1OCCC1NC(=O)Nc1ccc(F)c(C(=O)O)c1. The highest BCUT2D eigenvalue weighted by molar-refractivity contribution is 5.93. The average Bonchev–Trinajstić information content (AvgIpc) is 2.77. The molecule has 0 radical (unpaired) electrons. The van der Waals surface area contributed by atoms with E-state index < -0.39 is 23.4 Å². The molecule has 1 heterocycles. The minimum Gasteiger partial charge on any atom is -0.478 e. The molecular formula is C13H15FN2O4. The van der Waals surface area contributed by atoms with Crippen LogP contribution in [0.25, 0.3) is 0 Å². The van der Waals surface area contributed by atoms with Crippen molar-refractivity contribution in [2.45, 2.75) is 25.5 Å². The zero-order valence-corrected chi connectivity index (χ0v) is 10.9. The van der Waals surface area contributed by atoms with Crippen LogP contribution in [0.4, 0.5) is 14.9 Å². The van der Waals surface area contributed by atoms with E-state index in [1.807, 2.05) is 6.92 Å². The molecule has 108 valence electrons. The van der Waals surface area contributed by atoms with E-state index in [-0.39, 0.29) is 17.8 Å². The quantitative estimate of drug-likeness (QED) is 0.789. The van der Waals surface area contributed by atoms with Crippen molar-refractivity contribution in [3.05, 3.63) is 29.6 Å². The van der Waals surface area contributed by atoms with Crippen LogP contribution in [0.3, 0.4) is 0 Å². The summed E-state index contributed by atoms with van der Waals surface area (Å²) in [6.07, 6.45) is 0.654. The summed E-state index contributed by atoms with van der Waals surface area (Å²) in [5, 5.41) is 14.0. The van der Waals surface area contributed by atoms with Crippen molar-refractivity contribution < 1.29 is 23.8 Å². The average molecular weight is 282 g/mol. The summed E-state index contributed by atoms with van der Waals surface area (Å²) < 4.78 is 18.5. The monoisotopic (exact) mass is 282 g/mol. The Morgan fingerprint density at radius 1 is 1.45 bits per heavy atom. The molecule has 0 saturated carbocycles. The molecule has 3 N–H and O–H groups in total. The van der Waals surface area contributed by atoms with Crippen LogP contribution in [0.1, 0.15) is 23.7 Å². The summed E-state index contributed by atoms with van der Waals surface area (Å²) in [5.74, 6) is -2.23. The van der Waals surface area contributed by atoms with Gasteiger partial charge in [0.05, 0.1) is 17.7 Å². The van der Waals surface area contributed by atoms with E-state index in [2.05, 4.69) is 10.6 Å². The number of nitrogens with one attached hydrogen (secondary N) is 2. The molecule has 2 atom stereocenters. The Labute approximate surface area is 114 Å². The first-order valence-electron chi connectivity index (χ1n) is 6.19. The van der Waals surface area contributed by atoms with E-state index in [4.69, 9.17) is 9.84 Å². The van der Waals surface area contributed by atoms with Gasteiger partial charge >= 0.3 is 12.0 Å². The van der Waals surface area contributed by atoms with Gasteiger partial charge in [0.15, 0.2) is 0 Å². The standard InChI is InChI=1S/C13H15FN2O4/c1-7-11(4-5-20-7)16-13(19)15-8-2-3-10(14)9(6-8)12(17)18/h2-3,6-7,11H,4-5H2,1H3,(H,17,18)(H2,15,16,19). The molecule has 6 nitrogen and oxygen atoms in total. The summed E-state index contributed by atoms with van der Waals surface area (Å²) in [6.45, 7) is 2.45. The van der Waals surface area contributed by atoms with Gasteiger partial charge < -0.3 is 20.5 Å². The van der Waals surface area contributed by atoms with Gasteiger partial charge in [0.2, 0.25) is 0 Å². The van der Waals surface area contributed by atoms with E-state index in [0.29, 0.717) is 6.61 Å².